The number of carbonyl (C=O) groups excluding carboxylic acids is 1. The van der Waals surface area contributed by atoms with Gasteiger partial charge in [0.25, 0.3) is 0 Å². The van der Waals surface area contributed by atoms with Crippen LogP contribution in [0, 0.1) is 0 Å². The van der Waals surface area contributed by atoms with E-state index in [1.165, 1.54) is 5.56 Å². The van der Waals surface area contributed by atoms with Gasteiger partial charge in [-0.25, -0.2) is 0 Å². The van der Waals surface area contributed by atoms with E-state index < -0.39 is 0 Å². The molecule has 1 N–H and O–H groups in total. The van der Waals surface area contributed by atoms with E-state index in [1.54, 1.807) is 11.3 Å². The highest BCUT2D eigenvalue weighted by Crippen LogP contribution is 2.09. The second-order valence-corrected chi connectivity index (χ2v) is 5.75. The largest absolute Gasteiger partial charge is 0.340 e. The average Bonchev–Trinajstić information content (AvgIpc) is 2.81. The summed E-state index contributed by atoms with van der Waals surface area (Å²) in [6.07, 6.45) is 0. The summed E-state index contributed by atoms with van der Waals surface area (Å²) in [5.74, 6) is 0.204. The highest BCUT2D eigenvalue weighted by Gasteiger charge is 2.19. The van der Waals surface area contributed by atoms with E-state index in [-0.39, 0.29) is 5.91 Å². The van der Waals surface area contributed by atoms with Gasteiger partial charge in [0.2, 0.25) is 5.91 Å². The molecule has 0 aromatic carbocycles. The molecular formula is C13H21N3OS. The van der Waals surface area contributed by atoms with Crippen molar-refractivity contribution in [1.29, 1.82) is 0 Å². The molecule has 1 aliphatic heterocycles. The fourth-order valence-electron chi connectivity index (χ4n) is 2.21. The van der Waals surface area contributed by atoms with Gasteiger partial charge in [0.1, 0.15) is 0 Å². The predicted octanol–water partition coefficient (Wildman–Crippen LogP) is 1.00. The lowest BCUT2D eigenvalue weighted by Crippen LogP contribution is -2.51. The van der Waals surface area contributed by atoms with Gasteiger partial charge in [-0.2, -0.15) is 11.3 Å². The molecule has 2 heterocycles. The molecule has 18 heavy (non-hydrogen) atoms. The Balaban J connectivity index is 1.79. The van der Waals surface area contributed by atoms with E-state index in [4.69, 9.17) is 0 Å². The first-order valence-corrected chi connectivity index (χ1v) is 7.30. The molecule has 1 fully saturated rings. The van der Waals surface area contributed by atoms with Crippen LogP contribution in [0.3, 0.4) is 0 Å². The molecule has 1 amide bonds. The van der Waals surface area contributed by atoms with E-state index in [1.807, 2.05) is 17.3 Å². The number of carbonyl (C=O) groups is 1. The molecule has 0 bridgehead atoms. The van der Waals surface area contributed by atoms with Gasteiger partial charge in [0, 0.05) is 39.3 Å². The highest BCUT2D eigenvalue weighted by molar-refractivity contribution is 7.07. The highest BCUT2D eigenvalue weighted by atomic mass is 32.1. The van der Waals surface area contributed by atoms with Crippen molar-refractivity contribution >= 4 is 17.2 Å². The maximum Gasteiger partial charge on any atom is 0.236 e. The van der Waals surface area contributed by atoms with E-state index in [0.717, 1.165) is 19.6 Å². The molecule has 1 aromatic rings. The maximum absolute atomic E-state index is 12.1. The normalized spacial score (nSPS) is 20.9. The molecule has 1 saturated heterocycles. The number of nitrogens with zero attached hydrogens (tertiary/aromatic N) is 2. The molecule has 2 rings (SSSR count). The zero-order valence-corrected chi connectivity index (χ0v) is 11.9. The summed E-state index contributed by atoms with van der Waals surface area (Å²) in [4.78, 5) is 16.2. The Morgan fingerprint density at radius 3 is 3.17 bits per heavy atom. The smallest absolute Gasteiger partial charge is 0.236 e. The van der Waals surface area contributed by atoms with Gasteiger partial charge in [-0.1, -0.05) is 0 Å². The molecule has 5 heteroatoms. The number of likely N-dealkylation sites (N-methyl/N-ethyl adjacent to an activating group) is 1. The number of hydrogen-bond acceptors (Lipinski definition) is 4. The molecule has 0 spiro atoms. The number of nitrogens with one attached hydrogen (secondary N) is 1. The third-order valence-electron chi connectivity index (χ3n) is 3.24. The minimum Gasteiger partial charge on any atom is -0.340 e. The Labute approximate surface area is 113 Å². The van der Waals surface area contributed by atoms with Gasteiger partial charge < -0.3 is 10.2 Å². The molecule has 0 aliphatic carbocycles. The number of piperazine rings is 1. The van der Waals surface area contributed by atoms with Crippen LogP contribution in [0.15, 0.2) is 16.8 Å². The van der Waals surface area contributed by atoms with Gasteiger partial charge in [-0.15, -0.1) is 0 Å². The first kappa shape index (κ1) is 13.5. The molecule has 0 radical (unpaired) electrons. The molecule has 100 valence electrons. The van der Waals surface area contributed by atoms with Gasteiger partial charge in [0.15, 0.2) is 0 Å². The minimum atomic E-state index is 0.204. The van der Waals surface area contributed by atoms with Crippen LogP contribution in [0.5, 0.6) is 0 Å². The zero-order valence-electron chi connectivity index (χ0n) is 11.1. The van der Waals surface area contributed by atoms with Crippen LogP contribution in [0.1, 0.15) is 12.5 Å². The summed E-state index contributed by atoms with van der Waals surface area (Å²) < 4.78 is 0. The van der Waals surface area contributed by atoms with Crippen molar-refractivity contribution in [3.05, 3.63) is 22.4 Å². The number of rotatable bonds is 4. The topological polar surface area (TPSA) is 35.6 Å². The first-order chi connectivity index (χ1) is 8.65. The summed E-state index contributed by atoms with van der Waals surface area (Å²) in [6, 6.07) is 2.55. The van der Waals surface area contributed by atoms with Crippen molar-refractivity contribution < 1.29 is 4.79 Å². The summed E-state index contributed by atoms with van der Waals surface area (Å²) in [6.45, 7) is 6.30. The standard InChI is InChI=1S/C13H21N3OS/c1-11-7-16(5-4-14-11)9-13(17)15(2)8-12-3-6-18-10-12/h3,6,10-11,14H,4-5,7-9H2,1-2H3/t11-/m1/s1. The third-order valence-corrected chi connectivity index (χ3v) is 3.97. The molecule has 0 saturated carbocycles. The summed E-state index contributed by atoms with van der Waals surface area (Å²) in [7, 11) is 1.88. The van der Waals surface area contributed by atoms with Crippen LogP contribution < -0.4 is 5.32 Å². The van der Waals surface area contributed by atoms with Gasteiger partial charge in [0.05, 0.1) is 6.54 Å². The number of thiophene rings is 1. The predicted molar refractivity (Wildman–Crippen MR) is 74.7 cm³/mol. The quantitative estimate of drug-likeness (QED) is 0.884. The number of hydrogen-bond donors (Lipinski definition) is 1. The summed E-state index contributed by atoms with van der Waals surface area (Å²) in [5.41, 5.74) is 1.21. The maximum atomic E-state index is 12.1. The fourth-order valence-corrected chi connectivity index (χ4v) is 2.87. The summed E-state index contributed by atoms with van der Waals surface area (Å²) in [5, 5.41) is 7.53. The average molecular weight is 267 g/mol. The summed E-state index contributed by atoms with van der Waals surface area (Å²) >= 11 is 1.67. The second kappa shape index (κ2) is 6.31. The third kappa shape index (κ3) is 3.80. The Morgan fingerprint density at radius 2 is 2.50 bits per heavy atom. The van der Waals surface area contributed by atoms with Gasteiger partial charge in [-0.3, -0.25) is 9.69 Å². The van der Waals surface area contributed by atoms with Crippen molar-refractivity contribution in [3.63, 3.8) is 0 Å². The minimum absolute atomic E-state index is 0.204. The van der Waals surface area contributed by atoms with Crippen LogP contribution in [0.2, 0.25) is 0 Å². The van der Waals surface area contributed by atoms with E-state index >= 15 is 0 Å². The van der Waals surface area contributed by atoms with Crippen LogP contribution in [0.25, 0.3) is 0 Å². The lowest BCUT2D eigenvalue weighted by Gasteiger charge is -2.32. The van der Waals surface area contributed by atoms with Crippen molar-refractivity contribution in [3.8, 4) is 0 Å². The van der Waals surface area contributed by atoms with Crippen LogP contribution in [-0.4, -0.2) is 55.0 Å². The van der Waals surface area contributed by atoms with Crippen LogP contribution in [0.4, 0.5) is 0 Å². The van der Waals surface area contributed by atoms with Crippen LogP contribution >= 0.6 is 11.3 Å². The zero-order chi connectivity index (χ0) is 13.0. The van der Waals surface area contributed by atoms with E-state index in [0.29, 0.717) is 19.1 Å². The molecular weight excluding hydrogens is 246 g/mol. The first-order valence-electron chi connectivity index (χ1n) is 6.36. The monoisotopic (exact) mass is 267 g/mol. The van der Waals surface area contributed by atoms with Crippen molar-refractivity contribution in [2.75, 3.05) is 33.2 Å². The molecule has 0 unspecified atom stereocenters. The lowest BCUT2D eigenvalue weighted by molar-refractivity contribution is -0.131. The fraction of sp³-hybridized carbons (Fsp3) is 0.615. The Morgan fingerprint density at radius 1 is 1.67 bits per heavy atom. The number of amides is 1. The van der Waals surface area contributed by atoms with Crippen molar-refractivity contribution in [2.24, 2.45) is 0 Å². The SMILES string of the molecule is C[C@@H]1CN(CC(=O)N(C)Cc2ccsc2)CCN1. The molecule has 4 nitrogen and oxygen atoms in total. The van der Waals surface area contributed by atoms with E-state index in [9.17, 15) is 4.79 Å². The molecule has 1 atom stereocenters. The van der Waals surface area contributed by atoms with Gasteiger partial charge in [-0.05, 0) is 29.3 Å². The van der Waals surface area contributed by atoms with Crippen LogP contribution in [-0.2, 0) is 11.3 Å². The lowest BCUT2D eigenvalue weighted by atomic mass is 10.2. The Bertz CT molecular complexity index is 380. The Hall–Kier alpha value is -0.910. The second-order valence-electron chi connectivity index (χ2n) is 4.97. The van der Waals surface area contributed by atoms with Crippen molar-refractivity contribution in [2.45, 2.75) is 19.5 Å². The molecule has 1 aliphatic rings. The molecule has 1 aromatic heterocycles. The van der Waals surface area contributed by atoms with E-state index in [2.05, 4.69) is 28.6 Å². The van der Waals surface area contributed by atoms with Gasteiger partial charge >= 0.3 is 0 Å². The van der Waals surface area contributed by atoms with Crippen molar-refractivity contribution in [1.82, 2.24) is 15.1 Å². The Kier molecular flexibility index (Phi) is 4.74.